The molecule has 270 valence electrons. The summed E-state index contributed by atoms with van der Waals surface area (Å²) in [4.78, 5) is 32.0. The normalized spacial score (nSPS) is 14.7. The lowest BCUT2D eigenvalue weighted by atomic mass is 9.91. The molecule has 49 heavy (non-hydrogen) atoms. The van der Waals surface area contributed by atoms with Crippen molar-refractivity contribution < 1.29 is 14.3 Å². The molecule has 2 atom stereocenters. The molecule has 2 aromatic carbocycles. The summed E-state index contributed by atoms with van der Waals surface area (Å²) in [5.74, 6) is 1.55. The van der Waals surface area contributed by atoms with E-state index in [-0.39, 0.29) is 17.5 Å². The second-order valence-electron chi connectivity index (χ2n) is 12.2. The fourth-order valence-corrected chi connectivity index (χ4v) is 5.25. The first-order chi connectivity index (χ1) is 23.6. The van der Waals surface area contributed by atoms with Crippen LogP contribution in [0, 0.1) is 5.92 Å². The minimum atomic E-state index is -0.488. The Balaban J connectivity index is 0.00000186. The quantitative estimate of drug-likeness (QED) is 0.0901. The number of nitrogens with two attached hydrogens (primary N) is 1. The van der Waals surface area contributed by atoms with Gasteiger partial charge in [-0.05, 0) is 75.9 Å². The standard InChI is InChI=1S/C36H48N4O3.C4H10.C2H6/c1-7-12-28(9-3)22-30-18-19-31(23-33(30)40-20-21-43-34-15-11-10-14-32(34)24-40)36(42)39-26(5)35(37)38-25(4)16-17-29(13-8-2)27(6)41;1-3-4-2;1-2/h8,10-11,13-19,23,26,28H,7,9,12,20-22,24H2,1-6H3,(H2,37,38)(H,39,42);3-4H2,1-2H3;1-2H3/b13-8-,25-16+,29-17+;;. The number of unbranched alkanes of at least 4 members (excludes halogenated alkanes) is 1. The second-order valence-corrected chi connectivity index (χ2v) is 12.2. The minimum absolute atomic E-state index is 0.0300. The number of amides is 1. The van der Waals surface area contributed by atoms with Crippen LogP contribution in [0.3, 0.4) is 0 Å². The van der Waals surface area contributed by atoms with Gasteiger partial charge in [-0.2, -0.15) is 0 Å². The van der Waals surface area contributed by atoms with Crippen molar-refractivity contribution >= 4 is 23.2 Å². The molecule has 1 heterocycles. The van der Waals surface area contributed by atoms with E-state index in [1.807, 2.05) is 71.0 Å². The maximum Gasteiger partial charge on any atom is 0.251 e. The smallest absolute Gasteiger partial charge is 0.251 e. The molecule has 0 spiro atoms. The van der Waals surface area contributed by atoms with E-state index in [1.54, 1.807) is 18.2 Å². The Morgan fingerprint density at radius 3 is 2.33 bits per heavy atom. The Kier molecular flexibility index (Phi) is 21.1. The third-order valence-corrected chi connectivity index (χ3v) is 8.28. The number of Topliss-reactive ketones (excluding diaryl/α,β-unsaturated/α-hetero) is 1. The summed E-state index contributed by atoms with van der Waals surface area (Å²) < 4.78 is 6.05. The van der Waals surface area contributed by atoms with Crippen molar-refractivity contribution in [1.82, 2.24) is 5.32 Å². The number of hydrogen-bond acceptors (Lipinski definition) is 5. The monoisotopic (exact) mass is 672 g/mol. The number of hydrogen-bond donors (Lipinski definition) is 2. The molecule has 0 aromatic heterocycles. The molecule has 0 fully saturated rings. The molecule has 2 unspecified atom stereocenters. The number of aliphatic imine (C=N–C) groups is 1. The highest BCUT2D eigenvalue weighted by Gasteiger charge is 2.22. The molecule has 1 aliphatic rings. The summed E-state index contributed by atoms with van der Waals surface area (Å²) >= 11 is 0. The third-order valence-electron chi connectivity index (χ3n) is 8.28. The van der Waals surface area contributed by atoms with E-state index in [2.05, 4.69) is 55.0 Å². The fraction of sp³-hybridized carbons (Fsp3) is 0.500. The molecule has 0 radical (unpaired) electrons. The number of nitrogens with zero attached hydrogens (tertiary/aromatic N) is 2. The van der Waals surface area contributed by atoms with Gasteiger partial charge in [-0.3, -0.25) is 9.59 Å². The largest absolute Gasteiger partial charge is 0.491 e. The van der Waals surface area contributed by atoms with Gasteiger partial charge in [0.05, 0.1) is 12.6 Å². The van der Waals surface area contributed by atoms with E-state index in [0.717, 1.165) is 42.8 Å². The van der Waals surface area contributed by atoms with Gasteiger partial charge in [0.2, 0.25) is 0 Å². The molecule has 3 rings (SSSR count). The Bertz CT molecular complexity index is 1420. The van der Waals surface area contributed by atoms with Crippen molar-refractivity contribution in [2.45, 2.75) is 120 Å². The van der Waals surface area contributed by atoms with Crippen LogP contribution in [0.15, 0.2) is 83.0 Å². The average Bonchev–Trinajstić information content (AvgIpc) is 3.33. The Hall–Kier alpha value is -4.13. The highest BCUT2D eigenvalue weighted by Crippen LogP contribution is 2.32. The van der Waals surface area contributed by atoms with Crippen LogP contribution in [0.1, 0.15) is 123 Å². The number of para-hydroxylation sites is 1. The number of ether oxygens (including phenoxy) is 1. The molecule has 7 heteroatoms. The Labute approximate surface area is 297 Å². The number of ketones is 1. The van der Waals surface area contributed by atoms with Gasteiger partial charge in [0, 0.05) is 34.6 Å². The predicted molar refractivity (Wildman–Crippen MR) is 210 cm³/mol. The molecular weight excluding hydrogens is 608 g/mol. The van der Waals surface area contributed by atoms with Crippen molar-refractivity contribution in [1.29, 1.82) is 0 Å². The number of allylic oxidation sites excluding steroid dienone is 6. The van der Waals surface area contributed by atoms with Crippen LogP contribution in [0.5, 0.6) is 5.75 Å². The number of rotatable bonds is 14. The molecule has 1 aliphatic heterocycles. The maximum absolute atomic E-state index is 13.5. The van der Waals surface area contributed by atoms with Crippen molar-refractivity contribution in [2.75, 3.05) is 18.1 Å². The molecule has 0 saturated heterocycles. The first-order valence-corrected chi connectivity index (χ1v) is 18.3. The fourth-order valence-electron chi connectivity index (χ4n) is 5.25. The van der Waals surface area contributed by atoms with Crippen molar-refractivity contribution in [3.8, 4) is 5.75 Å². The van der Waals surface area contributed by atoms with Gasteiger partial charge in [0.25, 0.3) is 5.91 Å². The lowest BCUT2D eigenvalue weighted by molar-refractivity contribution is -0.113. The summed E-state index contributed by atoms with van der Waals surface area (Å²) in [7, 11) is 0. The first-order valence-electron chi connectivity index (χ1n) is 18.3. The van der Waals surface area contributed by atoms with Crippen LogP contribution < -0.4 is 20.7 Å². The Morgan fingerprint density at radius 2 is 1.71 bits per heavy atom. The van der Waals surface area contributed by atoms with Crippen molar-refractivity contribution in [3.05, 3.63) is 94.7 Å². The zero-order valence-corrected chi connectivity index (χ0v) is 32.1. The summed E-state index contributed by atoms with van der Waals surface area (Å²) in [5, 5.41) is 3.01. The van der Waals surface area contributed by atoms with Gasteiger partial charge in [-0.1, -0.05) is 110 Å². The summed E-state index contributed by atoms with van der Waals surface area (Å²) in [5.41, 5.74) is 11.5. The lowest BCUT2D eigenvalue weighted by Gasteiger charge is -2.27. The predicted octanol–water partition coefficient (Wildman–Crippen LogP) is 9.76. The topological polar surface area (TPSA) is 97.0 Å². The van der Waals surface area contributed by atoms with E-state index < -0.39 is 6.04 Å². The van der Waals surface area contributed by atoms with E-state index >= 15 is 0 Å². The SMILES string of the molecule is CC.CCCC.C\C=C/C(=C\C=C(/C)N=C(N)C(C)NC(=O)c1ccc(CC(CC)CCC)c(N2CCOc3ccccc3C2)c1)C(C)=O. The van der Waals surface area contributed by atoms with Crippen LogP contribution in [0.2, 0.25) is 0 Å². The van der Waals surface area contributed by atoms with E-state index in [4.69, 9.17) is 10.5 Å². The number of fused-ring (bicyclic) bond motifs is 1. The highest BCUT2D eigenvalue weighted by molar-refractivity contribution is 5.99. The first kappa shape index (κ1) is 42.9. The second kappa shape index (κ2) is 24.1. The summed E-state index contributed by atoms with van der Waals surface area (Å²) in [6, 6.07) is 13.7. The van der Waals surface area contributed by atoms with Crippen LogP contribution >= 0.6 is 0 Å². The number of nitrogens with one attached hydrogen (secondary N) is 1. The van der Waals surface area contributed by atoms with Crippen LogP contribution in [0.4, 0.5) is 5.69 Å². The maximum atomic E-state index is 13.5. The van der Waals surface area contributed by atoms with Gasteiger partial charge < -0.3 is 20.7 Å². The number of carbonyl (C=O) groups is 2. The molecule has 3 N–H and O–H groups in total. The molecule has 7 nitrogen and oxygen atoms in total. The van der Waals surface area contributed by atoms with Gasteiger partial charge in [-0.25, -0.2) is 4.99 Å². The van der Waals surface area contributed by atoms with Crippen molar-refractivity contribution in [3.63, 3.8) is 0 Å². The average molecular weight is 673 g/mol. The van der Waals surface area contributed by atoms with Crippen LogP contribution in [-0.2, 0) is 17.8 Å². The molecule has 1 amide bonds. The number of anilines is 1. The van der Waals surface area contributed by atoms with Gasteiger partial charge in [-0.15, -0.1) is 0 Å². The highest BCUT2D eigenvalue weighted by atomic mass is 16.5. The lowest BCUT2D eigenvalue weighted by Crippen LogP contribution is -2.42. The zero-order chi connectivity index (χ0) is 36.8. The number of benzene rings is 2. The number of amidine groups is 1. The third kappa shape index (κ3) is 14.9. The van der Waals surface area contributed by atoms with Crippen molar-refractivity contribution in [2.24, 2.45) is 16.6 Å². The van der Waals surface area contributed by atoms with Crippen LogP contribution in [0.25, 0.3) is 0 Å². The molecule has 2 aromatic rings. The Morgan fingerprint density at radius 1 is 1.02 bits per heavy atom. The summed E-state index contributed by atoms with van der Waals surface area (Å²) in [6.45, 7) is 21.9. The molecular formula is C42H64N4O3. The van der Waals surface area contributed by atoms with Gasteiger partial charge >= 0.3 is 0 Å². The molecule has 0 saturated carbocycles. The van der Waals surface area contributed by atoms with Crippen LogP contribution in [-0.4, -0.2) is 36.7 Å². The van der Waals surface area contributed by atoms with E-state index in [9.17, 15) is 9.59 Å². The molecule has 0 aliphatic carbocycles. The molecule has 0 bridgehead atoms. The zero-order valence-electron chi connectivity index (χ0n) is 32.1. The number of carbonyl (C=O) groups excluding carboxylic acids is 2. The van der Waals surface area contributed by atoms with E-state index in [1.165, 1.54) is 31.7 Å². The van der Waals surface area contributed by atoms with Gasteiger partial charge in [0.15, 0.2) is 5.78 Å². The van der Waals surface area contributed by atoms with Gasteiger partial charge in [0.1, 0.15) is 18.2 Å². The minimum Gasteiger partial charge on any atom is -0.491 e. The van der Waals surface area contributed by atoms with E-state index in [0.29, 0.717) is 35.9 Å². The summed E-state index contributed by atoms with van der Waals surface area (Å²) in [6.07, 6.45) is 14.1.